The van der Waals surface area contributed by atoms with E-state index in [1.54, 1.807) is 24.3 Å². The molecule has 2 aromatic carbocycles. The zero-order valence-corrected chi connectivity index (χ0v) is 18.4. The Bertz CT molecular complexity index is 947. The van der Waals surface area contributed by atoms with Crippen molar-refractivity contribution in [2.24, 2.45) is 5.41 Å². The van der Waals surface area contributed by atoms with Crippen molar-refractivity contribution < 1.29 is 19.7 Å². The Kier molecular flexibility index (Phi) is 6.19. The minimum Gasteiger partial charge on any atom is -0.508 e. The Balaban J connectivity index is 1.90. The second-order valence-electron chi connectivity index (χ2n) is 9.16. The van der Waals surface area contributed by atoms with Crippen LogP contribution in [0.3, 0.4) is 0 Å². The van der Waals surface area contributed by atoms with Crippen molar-refractivity contribution in [2.75, 3.05) is 5.32 Å². The Morgan fingerprint density at radius 3 is 1.52 bits per heavy atom. The highest BCUT2D eigenvalue weighted by molar-refractivity contribution is 5.37. The van der Waals surface area contributed by atoms with Gasteiger partial charge in [-0.25, -0.2) is 0 Å². The number of aromatic hydroxyl groups is 2. The van der Waals surface area contributed by atoms with Gasteiger partial charge in [-0.3, -0.25) is 0 Å². The number of nitrogens with zero attached hydrogens (tertiary/aromatic N) is 3. The number of hydrogen-bond donors (Lipinski definition) is 3. The number of hydrogen-bond acceptors (Lipinski definition) is 8. The minimum absolute atomic E-state index is 0.0449. The third-order valence-corrected chi connectivity index (χ3v) is 4.11. The average molecular weight is 425 g/mol. The van der Waals surface area contributed by atoms with Gasteiger partial charge in [-0.05, 0) is 74.2 Å². The zero-order valence-electron chi connectivity index (χ0n) is 18.4. The van der Waals surface area contributed by atoms with E-state index in [0.717, 1.165) is 6.42 Å². The molecule has 0 aliphatic rings. The van der Waals surface area contributed by atoms with Crippen LogP contribution in [-0.2, 0) is 0 Å². The van der Waals surface area contributed by atoms with Crippen LogP contribution in [0.2, 0.25) is 0 Å². The number of ether oxygens (including phenoxy) is 2. The van der Waals surface area contributed by atoms with Crippen LogP contribution in [-0.4, -0.2) is 30.7 Å². The molecule has 3 rings (SSSR count). The normalized spacial score (nSPS) is 11.8. The molecule has 0 bridgehead atoms. The molecule has 0 fully saturated rings. The lowest BCUT2D eigenvalue weighted by molar-refractivity contribution is 0.300. The number of benzene rings is 2. The van der Waals surface area contributed by atoms with Crippen LogP contribution in [0.15, 0.2) is 48.5 Å². The molecule has 31 heavy (non-hydrogen) atoms. The van der Waals surface area contributed by atoms with E-state index in [4.69, 9.17) is 9.47 Å². The smallest absolute Gasteiger partial charge is 0.330 e. The van der Waals surface area contributed by atoms with E-state index in [0.29, 0.717) is 17.4 Å². The van der Waals surface area contributed by atoms with Crippen molar-refractivity contribution in [3.8, 4) is 35.0 Å². The molecule has 0 aliphatic carbocycles. The quantitative estimate of drug-likeness (QED) is 0.456. The van der Waals surface area contributed by atoms with Gasteiger partial charge < -0.3 is 25.0 Å². The number of nitrogens with one attached hydrogen (secondary N) is 1. The summed E-state index contributed by atoms with van der Waals surface area (Å²) in [6.07, 6.45) is 0.869. The molecule has 3 N–H and O–H groups in total. The first-order chi connectivity index (χ1) is 14.5. The SMILES string of the molecule is CC(C)(C)CC(C)(C)Nc1nc(Oc2ccc(O)cc2)nc(Oc2ccc(O)cc2)n1. The summed E-state index contributed by atoms with van der Waals surface area (Å²) >= 11 is 0. The molecule has 8 nitrogen and oxygen atoms in total. The van der Waals surface area contributed by atoms with E-state index in [-0.39, 0.29) is 34.5 Å². The van der Waals surface area contributed by atoms with Gasteiger partial charge in [0.05, 0.1) is 0 Å². The third kappa shape index (κ3) is 7.02. The molecule has 164 valence electrons. The number of anilines is 1. The number of aromatic nitrogens is 3. The molecule has 8 heteroatoms. The molecular formula is C23H28N4O4. The molecular weight excluding hydrogens is 396 g/mol. The van der Waals surface area contributed by atoms with Gasteiger partial charge in [-0.2, -0.15) is 9.97 Å². The van der Waals surface area contributed by atoms with Crippen LogP contribution in [0.4, 0.5) is 5.95 Å². The topological polar surface area (TPSA) is 110 Å². The van der Waals surface area contributed by atoms with Gasteiger partial charge in [0.15, 0.2) is 0 Å². The highest BCUT2D eigenvalue weighted by atomic mass is 16.5. The summed E-state index contributed by atoms with van der Waals surface area (Å²) in [5.74, 6) is 1.49. The summed E-state index contributed by atoms with van der Waals surface area (Å²) in [6, 6.07) is 12.6. The van der Waals surface area contributed by atoms with Crippen molar-refractivity contribution in [1.29, 1.82) is 0 Å². The van der Waals surface area contributed by atoms with Crippen molar-refractivity contribution in [3.63, 3.8) is 0 Å². The van der Waals surface area contributed by atoms with Crippen molar-refractivity contribution in [2.45, 2.75) is 46.6 Å². The molecule has 0 amide bonds. The second kappa shape index (κ2) is 8.67. The maximum atomic E-state index is 9.47. The van der Waals surface area contributed by atoms with E-state index in [2.05, 4.69) is 54.9 Å². The van der Waals surface area contributed by atoms with Gasteiger partial charge in [0, 0.05) is 5.54 Å². The zero-order chi connectivity index (χ0) is 22.6. The van der Waals surface area contributed by atoms with Crippen molar-refractivity contribution in [3.05, 3.63) is 48.5 Å². The fraction of sp³-hybridized carbons (Fsp3) is 0.348. The van der Waals surface area contributed by atoms with Gasteiger partial charge in [-0.15, -0.1) is 4.98 Å². The fourth-order valence-corrected chi connectivity index (χ4v) is 3.40. The molecule has 1 heterocycles. The molecule has 3 aromatic rings. The Morgan fingerprint density at radius 2 is 1.13 bits per heavy atom. The van der Waals surface area contributed by atoms with Crippen LogP contribution in [0.25, 0.3) is 0 Å². The molecule has 0 saturated heterocycles. The third-order valence-electron chi connectivity index (χ3n) is 4.11. The first-order valence-electron chi connectivity index (χ1n) is 9.96. The van der Waals surface area contributed by atoms with Gasteiger partial charge in [-0.1, -0.05) is 20.8 Å². The van der Waals surface area contributed by atoms with E-state index in [1.165, 1.54) is 24.3 Å². The summed E-state index contributed by atoms with van der Waals surface area (Å²) in [5, 5.41) is 22.3. The van der Waals surface area contributed by atoms with Crippen molar-refractivity contribution >= 4 is 5.95 Å². The largest absolute Gasteiger partial charge is 0.508 e. The average Bonchev–Trinajstić information content (AvgIpc) is 2.63. The second-order valence-corrected chi connectivity index (χ2v) is 9.16. The monoisotopic (exact) mass is 424 g/mol. The summed E-state index contributed by atoms with van der Waals surface area (Å²) in [5.41, 5.74) is -0.203. The van der Waals surface area contributed by atoms with Crippen LogP contribution in [0.5, 0.6) is 35.0 Å². The van der Waals surface area contributed by atoms with Crippen molar-refractivity contribution in [1.82, 2.24) is 15.0 Å². The number of phenols is 2. The lowest BCUT2D eigenvalue weighted by Crippen LogP contribution is -2.36. The van der Waals surface area contributed by atoms with E-state index < -0.39 is 0 Å². The maximum Gasteiger partial charge on any atom is 0.330 e. The lowest BCUT2D eigenvalue weighted by atomic mass is 9.82. The Hall–Kier alpha value is -3.55. The molecule has 1 aromatic heterocycles. The Morgan fingerprint density at radius 1 is 0.710 bits per heavy atom. The number of rotatable bonds is 7. The van der Waals surface area contributed by atoms with Gasteiger partial charge in [0.1, 0.15) is 23.0 Å². The lowest BCUT2D eigenvalue weighted by Gasteiger charge is -2.33. The molecule has 0 unspecified atom stereocenters. The van der Waals surface area contributed by atoms with Crippen LogP contribution in [0, 0.1) is 5.41 Å². The Labute approximate surface area is 181 Å². The first kappa shape index (κ1) is 22.1. The predicted octanol–water partition coefficient (Wildman–Crippen LogP) is 5.49. The summed E-state index contributed by atoms with van der Waals surface area (Å²) in [7, 11) is 0. The van der Waals surface area contributed by atoms with Gasteiger partial charge in [0.2, 0.25) is 5.95 Å². The van der Waals surface area contributed by atoms with E-state index in [1.807, 2.05) is 0 Å². The van der Waals surface area contributed by atoms with E-state index in [9.17, 15) is 10.2 Å². The van der Waals surface area contributed by atoms with Gasteiger partial charge in [0.25, 0.3) is 0 Å². The minimum atomic E-state index is -0.300. The summed E-state index contributed by atoms with van der Waals surface area (Å²) < 4.78 is 11.5. The standard InChI is InChI=1S/C23H28N4O4/c1-22(2,3)14-23(4,5)27-19-24-20(30-17-10-6-15(28)7-11-17)26-21(25-19)31-18-12-8-16(29)9-13-18/h6-13,28-29H,14H2,1-5H3,(H,24,25,26,27). The predicted molar refractivity (Wildman–Crippen MR) is 118 cm³/mol. The summed E-state index contributed by atoms with van der Waals surface area (Å²) in [4.78, 5) is 13.0. The molecule has 0 radical (unpaired) electrons. The molecule has 0 spiro atoms. The van der Waals surface area contributed by atoms with Gasteiger partial charge >= 0.3 is 12.0 Å². The maximum absolute atomic E-state index is 9.47. The van der Waals surface area contributed by atoms with Crippen LogP contribution in [0.1, 0.15) is 41.0 Å². The number of phenolic OH excluding ortho intramolecular Hbond substituents is 2. The summed E-state index contributed by atoms with van der Waals surface area (Å²) in [6.45, 7) is 10.7. The highest BCUT2D eigenvalue weighted by Crippen LogP contribution is 2.31. The molecule has 0 atom stereocenters. The van der Waals surface area contributed by atoms with Crippen LogP contribution < -0.4 is 14.8 Å². The molecule has 0 saturated carbocycles. The van der Waals surface area contributed by atoms with E-state index >= 15 is 0 Å². The first-order valence-corrected chi connectivity index (χ1v) is 9.96. The fourth-order valence-electron chi connectivity index (χ4n) is 3.40. The highest BCUT2D eigenvalue weighted by Gasteiger charge is 2.27. The molecule has 0 aliphatic heterocycles. The van der Waals surface area contributed by atoms with Crippen LogP contribution >= 0.6 is 0 Å².